The fraction of sp³-hybridized carbons (Fsp3) is 0.529. The minimum atomic E-state index is -0.0980. The first-order valence-corrected chi connectivity index (χ1v) is 9.67. The lowest BCUT2D eigenvalue weighted by Gasteiger charge is -2.18. The number of fused-ring (bicyclic) bond motifs is 3. The maximum atomic E-state index is 9.22. The molecule has 0 saturated heterocycles. The summed E-state index contributed by atoms with van der Waals surface area (Å²) in [6.45, 7) is 2.31. The van der Waals surface area contributed by atoms with E-state index in [-0.39, 0.29) is 5.92 Å². The Morgan fingerprint density at radius 1 is 1.43 bits per heavy atom. The fourth-order valence-electron chi connectivity index (χ4n) is 2.96. The molecule has 0 fully saturated rings. The van der Waals surface area contributed by atoms with Gasteiger partial charge in [-0.15, -0.1) is 23.1 Å². The third kappa shape index (κ3) is 3.49. The number of hydrogen-bond acceptors (Lipinski definition) is 6. The molecular formula is C17H18N4S2. The van der Waals surface area contributed by atoms with E-state index in [1.54, 1.807) is 29.4 Å². The van der Waals surface area contributed by atoms with Crippen LogP contribution < -0.4 is 0 Å². The van der Waals surface area contributed by atoms with Crippen LogP contribution in [0.15, 0.2) is 11.4 Å². The van der Waals surface area contributed by atoms with Crippen LogP contribution in [0.2, 0.25) is 0 Å². The maximum Gasteiger partial charge on any atom is 0.128 e. The van der Waals surface area contributed by atoms with Crippen LogP contribution in [-0.2, 0) is 12.8 Å². The van der Waals surface area contributed by atoms with Gasteiger partial charge in [0.15, 0.2) is 0 Å². The molecule has 3 rings (SSSR count). The highest BCUT2D eigenvalue weighted by Crippen LogP contribution is 2.40. The van der Waals surface area contributed by atoms with Crippen LogP contribution in [0.25, 0.3) is 10.2 Å². The summed E-state index contributed by atoms with van der Waals surface area (Å²) in [5.41, 5.74) is 1.43. The molecule has 0 spiro atoms. The topological polar surface area (TPSA) is 73.4 Å². The molecule has 1 aliphatic rings. The van der Waals surface area contributed by atoms with Gasteiger partial charge in [-0.25, -0.2) is 9.97 Å². The van der Waals surface area contributed by atoms with Gasteiger partial charge in [-0.3, -0.25) is 0 Å². The summed E-state index contributed by atoms with van der Waals surface area (Å²) in [4.78, 5) is 11.5. The summed E-state index contributed by atoms with van der Waals surface area (Å²) in [6, 6.07) is 4.42. The van der Waals surface area contributed by atoms with Crippen molar-refractivity contribution in [2.75, 3.05) is 5.75 Å². The highest BCUT2D eigenvalue weighted by Gasteiger charge is 2.23. The van der Waals surface area contributed by atoms with Crippen molar-refractivity contribution in [1.82, 2.24) is 9.97 Å². The van der Waals surface area contributed by atoms with Crippen LogP contribution in [0.1, 0.15) is 36.6 Å². The summed E-state index contributed by atoms with van der Waals surface area (Å²) >= 11 is 3.43. The van der Waals surface area contributed by atoms with Crippen molar-refractivity contribution in [3.05, 3.63) is 16.8 Å². The largest absolute Gasteiger partial charge is 0.229 e. The quantitative estimate of drug-likeness (QED) is 0.596. The predicted octanol–water partition coefficient (Wildman–Crippen LogP) is 4.35. The van der Waals surface area contributed by atoms with Crippen molar-refractivity contribution < 1.29 is 0 Å². The second-order valence-corrected chi connectivity index (χ2v) is 8.14. The summed E-state index contributed by atoms with van der Waals surface area (Å²) in [7, 11) is 0. The Kier molecular flexibility index (Phi) is 5.15. The third-order valence-electron chi connectivity index (χ3n) is 4.27. The molecule has 0 N–H and O–H groups in total. The average molecular weight is 342 g/mol. The van der Waals surface area contributed by atoms with Gasteiger partial charge in [-0.2, -0.15) is 10.5 Å². The SMILES string of the molecule is C[C@H]1CCc2c(sc3ncnc(SC[C@@H](C#N)CCC#N)c23)C1. The molecule has 23 heavy (non-hydrogen) atoms. The summed E-state index contributed by atoms with van der Waals surface area (Å²) in [5.74, 6) is 1.33. The Morgan fingerprint density at radius 2 is 2.30 bits per heavy atom. The van der Waals surface area contributed by atoms with Crippen molar-refractivity contribution in [3.63, 3.8) is 0 Å². The molecule has 2 atom stereocenters. The molecule has 0 radical (unpaired) electrons. The molecule has 118 valence electrons. The molecule has 2 aromatic rings. The van der Waals surface area contributed by atoms with Crippen molar-refractivity contribution in [3.8, 4) is 12.1 Å². The Bertz CT molecular complexity index is 784. The molecular weight excluding hydrogens is 324 g/mol. The maximum absolute atomic E-state index is 9.22. The van der Waals surface area contributed by atoms with Crippen molar-refractivity contribution >= 4 is 33.3 Å². The Labute approximate surface area is 144 Å². The first-order valence-electron chi connectivity index (χ1n) is 7.87. The van der Waals surface area contributed by atoms with E-state index in [2.05, 4.69) is 29.0 Å². The van der Waals surface area contributed by atoms with Crippen LogP contribution in [-0.4, -0.2) is 15.7 Å². The zero-order chi connectivity index (χ0) is 16.2. The highest BCUT2D eigenvalue weighted by molar-refractivity contribution is 7.99. The Hall–Kier alpha value is -1.63. The molecule has 2 heterocycles. The average Bonchev–Trinajstić information content (AvgIpc) is 2.93. The lowest BCUT2D eigenvalue weighted by Crippen LogP contribution is -2.08. The lowest BCUT2D eigenvalue weighted by atomic mass is 9.89. The van der Waals surface area contributed by atoms with Gasteiger partial charge < -0.3 is 0 Å². The van der Waals surface area contributed by atoms with Gasteiger partial charge in [0, 0.05) is 22.4 Å². The minimum Gasteiger partial charge on any atom is -0.229 e. The summed E-state index contributed by atoms with van der Waals surface area (Å²) in [6.07, 6.45) is 6.17. The molecule has 0 aliphatic heterocycles. The number of thiophene rings is 1. The normalized spacial score (nSPS) is 18.1. The van der Waals surface area contributed by atoms with E-state index < -0.39 is 0 Å². The third-order valence-corrected chi connectivity index (χ3v) is 6.58. The van der Waals surface area contributed by atoms with Gasteiger partial charge in [0.2, 0.25) is 0 Å². The standard InChI is InChI=1S/C17H18N4S2/c1-11-4-5-13-14(7-11)23-17-15(13)16(20-10-21-17)22-9-12(8-19)3-2-6-18/h10-12H,2-5,7,9H2,1H3/t11-,12+/m0/s1. The highest BCUT2D eigenvalue weighted by atomic mass is 32.2. The number of aryl methyl sites for hydroxylation is 1. The van der Waals surface area contributed by atoms with Crippen molar-refractivity contribution in [2.24, 2.45) is 11.8 Å². The van der Waals surface area contributed by atoms with E-state index in [1.165, 1.54) is 22.2 Å². The zero-order valence-corrected chi connectivity index (χ0v) is 14.7. The van der Waals surface area contributed by atoms with E-state index in [0.29, 0.717) is 18.6 Å². The molecule has 4 nitrogen and oxygen atoms in total. The smallest absolute Gasteiger partial charge is 0.128 e. The Morgan fingerprint density at radius 3 is 3.09 bits per heavy atom. The second kappa shape index (κ2) is 7.29. The predicted molar refractivity (Wildman–Crippen MR) is 93.3 cm³/mol. The van der Waals surface area contributed by atoms with Crippen molar-refractivity contribution in [2.45, 2.75) is 44.1 Å². The van der Waals surface area contributed by atoms with Crippen LogP contribution in [0.3, 0.4) is 0 Å². The Balaban J connectivity index is 1.84. The summed E-state index contributed by atoms with van der Waals surface area (Å²) in [5, 5.41) is 20.1. The summed E-state index contributed by atoms with van der Waals surface area (Å²) < 4.78 is 0. The van der Waals surface area contributed by atoms with Gasteiger partial charge >= 0.3 is 0 Å². The van der Waals surface area contributed by atoms with Crippen LogP contribution in [0, 0.1) is 34.5 Å². The first-order chi connectivity index (χ1) is 11.2. The molecule has 0 saturated carbocycles. The number of aromatic nitrogens is 2. The van der Waals surface area contributed by atoms with E-state index in [0.717, 1.165) is 28.6 Å². The van der Waals surface area contributed by atoms with E-state index in [9.17, 15) is 5.26 Å². The number of nitriles is 2. The fourth-order valence-corrected chi connectivity index (χ4v) is 5.46. The molecule has 6 heteroatoms. The first kappa shape index (κ1) is 16.2. The monoisotopic (exact) mass is 342 g/mol. The van der Waals surface area contributed by atoms with Gasteiger partial charge in [-0.05, 0) is 37.2 Å². The van der Waals surface area contributed by atoms with Gasteiger partial charge in [0.1, 0.15) is 16.2 Å². The molecule has 0 aromatic carbocycles. The molecule has 0 amide bonds. The number of hydrogen-bond donors (Lipinski definition) is 0. The van der Waals surface area contributed by atoms with E-state index in [1.807, 2.05) is 0 Å². The minimum absolute atomic E-state index is 0.0980. The lowest BCUT2D eigenvalue weighted by molar-refractivity contribution is 0.509. The second-order valence-electron chi connectivity index (χ2n) is 6.04. The van der Waals surface area contributed by atoms with Gasteiger partial charge in [0.25, 0.3) is 0 Å². The van der Waals surface area contributed by atoms with E-state index in [4.69, 9.17) is 5.26 Å². The molecule has 1 aliphatic carbocycles. The van der Waals surface area contributed by atoms with E-state index >= 15 is 0 Å². The van der Waals surface area contributed by atoms with Crippen molar-refractivity contribution in [1.29, 1.82) is 10.5 Å². The van der Waals surface area contributed by atoms with Gasteiger partial charge in [0.05, 0.1) is 18.1 Å². The molecule has 0 unspecified atom stereocenters. The number of nitrogens with zero attached hydrogens (tertiary/aromatic N) is 4. The number of rotatable bonds is 5. The molecule has 0 bridgehead atoms. The van der Waals surface area contributed by atoms with Crippen LogP contribution >= 0.6 is 23.1 Å². The molecule has 2 aromatic heterocycles. The van der Waals surface area contributed by atoms with Gasteiger partial charge in [-0.1, -0.05) is 6.92 Å². The van der Waals surface area contributed by atoms with Crippen LogP contribution in [0.4, 0.5) is 0 Å². The zero-order valence-electron chi connectivity index (χ0n) is 13.1. The van der Waals surface area contributed by atoms with Crippen LogP contribution in [0.5, 0.6) is 0 Å². The number of thioether (sulfide) groups is 1.